The summed E-state index contributed by atoms with van der Waals surface area (Å²) < 4.78 is 50.1. The number of alkyl halides is 3. The summed E-state index contributed by atoms with van der Waals surface area (Å²) in [7, 11) is 0. The largest absolute Gasteiger partial charge is 0.477 e. The third kappa shape index (κ3) is 4.58. The lowest BCUT2D eigenvalue weighted by molar-refractivity contribution is -0.385. The van der Waals surface area contributed by atoms with Gasteiger partial charge in [0.05, 0.1) is 23.1 Å². The van der Waals surface area contributed by atoms with E-state index in [1.54, 1.807) is 0 Å². The number of anilines is 1. The fourth-order valence-corrected chi connectivity index (χ4v) is 1.66. The minimum absolute atomic E-state index is 0.353. The SMILES string of the molecule is CC(CC(F)(F)F)Nc1cc(C(=O)O)c([N+](=O)[O-])cc1F. The first-order valence-corrected chi connectivity index (χ1v) is 5.55. The average molecular weight is 310 g/mol. The highest BCUT2D eigenvalue weighted by atomic mass is 19.4. The summed E-state index contributed by atoms with van der Waals surface area (Å²) in [5.41, 5.74) is -2.34. The molecule has 0 saturated carbocycles. The molecule has 0 aliphatic rings. The van der Waals surface area contributed by atoms with Gasteiger partial charge >= 0.3 is 12.1 Å². The van der Waals surface area contributed by atoms with Crippen LogP contribution in [-0.2, 0) is 0 Å². The molecule has 1 atom stereocenters. The van der Waals surface area contributed by atoms with Crippen molar-refractivity contribution < 1.29 is 32.4 Å². The number of nitro groups is 1. The molecule has 2 N–H and O–H groups in total. The van der Waals surface area contributed by atoms with E-state index in [4.69, 9.17) is 5.11 Å². The van der Waals surface area contributed by atoms with Gasteiger partial charge in [-0.15, -0.1) is 0 Å². The highest BCUT2D eigenvalue weighted by Crippen LogP contribution is 2.28. The van der Waals surface area contributed by atoms with Crippen LogP contribution >= 0.6 is 0 Å². The number of benzene rings is 1. The average Bonchev–Trinajstić information content (AvgIpc) is 2.28. The number of nitrogens with one attached hydrogen (secondary N) is 1. The lowest BCUT2D eigenvalue weighted by atomic mass is 10.1. The number of carboxylic acid groups (broad SMARTS) is 1. The minimum atomic E-state index is -4.49. The molecule has 0 fully saturated rings. The van der Waals surface area contributed by atoms with Gasteiger partial charge in [-0.25, -0.2) is 9.18 Å². The molecule has 0 spiro atoms. The van der Waals surface area contributed by atoms with Gasteiger partial charge in [0.25, 0.3) is 5.69 Å². The maximum atomic E-state index is 13.6. The number of hydrogen-bond donors (Lipinski definition) is 2. The van der Waals surface area contributed by atoms with Gasteiger partial charge in [0.1, 0.15) is 5.56 Å². The molecule has 6 nitrogen and oxygen atoms in total. The molecule has 116 valence electrons. The van der Waals surface area contributed by atoms with Crippen molar-refractivity contribution in [1.29, 1.82) is 0 Å². The van der Waals surface area contributed by atoms with E-state index in [-0.39, 0.29) is 0 Å². The Morgan fingerprint density at radius 2 is 2.05 bits per heavy atom. The molecule has 0 aliphatic carbocycles. The topological polar surface area (TPSA) is 92.5 Å². The molecule has 0 aromatic heterocycles. The fourth-order valence-electron chi connectivity index (χ4n) is 1.66. The van der Waals surface area contributed by atoms with E-state index in [1.165, 1.54) is 0 Å². The number of nitrogens with zero attached hydrogens (tertiary/aromatic N) is 1. The van der Waals surface area contributed by atoms with Gasteiger partial charge < -0.3 is 10.4 Å². The van der Waals surface area contributed by atoms with Gasteiger partial charge in [-0.3, -0.25) is 10.1 Å². The molecule has 0 aliphatic heterocycles. The maximum Gasteiger partial charge on any atom is 0.391 e. The smallest absolute Gasteiger partial charge is 0.391 e. The molecule has 10 heteroatoms. The van der Waals surface area contributed by atoms with E-state index in [9.17, 15) is 32.5 Å². The Balaban J connectivity index is 3.12. The molecular formula is C11H10F4N2O4. The predicted octanol–water partition coefficient (Wildman–Crippen LogP) is 3.18. The number of aromatic carboxylic acids is 1. The van der Waals surface area contributed by atoms with Crippen molar-refractivity contribution in [2.45, 2.75) is 25.6 Å². The first kappa shape index (κ1) is 16.7. The maximum absolute atomic E-state index is 13.6. The van der Waals surface area contributed by atoms with Gasteiger partial charge in [0.15, 0.2) is 5.82 Å². The molecule has 1 unspecified atom stereocenters. The molecule has 1 rings (SSSR count). The van der Waals surface area contributed by atoms with Crippen molar-refractivity contribution in [2.75, 3.05) is 5.32 Å². The van der Waals surface area contributed by atoms with Crippen LogP contribution in [-0.4, -0.2) is 28.2 Å². The van der Waals surface area contributed by atoms with Crippen LogP contribution in [0.5, 0.6) is 0 Å². The predicted molar refractivity (Wildman–Crippen MR) is 63.8 cm³/mol. The lowest BCUT2D eigenvalue weighted by Crippen LogP contribution is -2.24. The van der Waals surface area contributed by atoms with E-state index in [0.717, 1.165) is 6.92 Å². The monoisotopic (exact) mass is 310 g/mol. The molecule has 1 aromatic carbocycles. The number of carboxylic acids is 1. The Morgan fingerprint density at radius 1 is 1.48 bits per heavy atom. The van der Waals surface area contributed by atoms with Crippen LogP contribution in [0.3, 0.4) is 0 Å². The Bertz CT molecular complexity index is 574. The van der Waals surface area contributed by atoms with Gasteiger partial charge in [-0.05, 0) is 13.0 Å². The second-order valence-electron chi connectivity index (χ2n) is 4.28. The summed E-state index contributed by atoms with van der Waals surface area (Å²) in [5, 5.41) is 21.6. The molecule has 0 radical (unpaired) electrons. The number of halogens is 4. The van der Waals surface area contributed by atoms with Crippen molar-refractivity contribution in [3.63, 3.8) is 0 Å². The standard InChI is InChI=1S/C11H10F4N2O4/c1-5(4-11(13,14)15)16-8-2-6(10(18)19)9(17(20)21)3-7(8)12/h2-3,5,16H,4H2,1H3,(H,18,19). The number of rotatable bonds is 5. The van der Waals surface area contributed by atoms with Crippen LogP contribution < -0.4 is 5.32 Å². The Labute approximate surface area is 115 Å². The van der Waals surface area contributed by atoms with E-state index < -0.39 is 52.3 Å². The zero-order valence-electron chi connectivity index (χ0n) is 10.6. The molecule has 1 aromatic rings. The number of nitro benzene ring substituents is 1. The number of carbonyl (C=O) groups is 1. The normalized spacial score (nSPS) is 12.8. The van der Waals surface area contributed by atoms with Crippen molar-refractivity contribution in [1.82, 2.24) is 0 Å². The third-order valence-corrected chi connectivity index (χ3v) is 2.45. The van der Waals surface area contributed by atoms with E-state index >= 15 is 0 Å². The summed E-state index contributed by atoms with van der Waals surface area (Å²) in [6.45, 7) is 1.12. The molecule has 0 bridgehead atoms. The molecular weight excluding hydrogens is 300 g/mol. The Kier molecular flexibility index (Phi) is 4.71. The van der Waals surface area contributed by atoms with Gasteiger partial charge in [-0.2, -0.15) is 13.2 Å². The second-order valence-corrected chi connectivity index (χ2v) is 4.28. The summed E-state index contributed by atoms with van der Waals surface area (Å²) in [5.74, 6) is -2.89. The summed E-state index contributed by atoms with van der Waals surface area (Å²) in [6, 6.07) is -0.281. The lowest BCUT2D eigenvalue weighted by Gasteiger charge is -2.17. The number of hydrogen-bond acceptors (Lipinski definition) is 4. The van der Waals surface area contributed by atoms with Crippen LogP contribution in [0.2, 0.25) is 0 Å². The molecule has 0 heterocycles. The molecule has 0 saturated heterocycles. The third-order valence-electron chi connectivity index (χ3n) is 2.45. The fraction of sp³-hybridized carbons (Fsp3) is 0.364. The van der Waals surface area contributed by atoms with Gasteiger partial charge in [0.2, 0.25) is 0 Å². The zero-order chi connectivity index (χ0) is 16.4. The Morgan fingerprint density at radius 3 is 2.48 bits per heavy atom. The van der Waals surface area contributed by atoms with Crippen molar-refractivity contribution in [3.8, 4) is 0 Å². The first-order chi connectivity index (χ1) is 9.51. The van der Waals surface area contributed by atoms with Gasteiger partial charge in [0, 0.05) is 6.04 Å². The summed E-state index contributed by atoms with van der Waals surface area (Å²) in [4.78, 5) is 20.4. The Hall–Kier alpha value is -2.39. The van der Waals surface area contributed by atoms with E-state index in [2.05, 4.69) is 5.32 Å². The van der Waals surface area contributed by atoms with Crippen LogP contribution in [0.25, 0.3) is 0 Å². The van der Waals surface area contributed by atoms with Crippen molar-refractivity contribution >= 4 is 17.3 Å². The van der Waals surface area contributed by atoms with Crippen LogP contribution in [0.15, 0.2) is 12.1 Å². The highest BCUT2D eigenvalue weighted by Gasteiger charge is 2.31. The van der Waals surface area contributed by atoms with Crippen LogP contribution in [0.4, 0.5) is 28.9 Å². The van der Waals surface area contributed by atoms with Crippen LogP contribution in [0, 0.1) is 15.9 Å². The molecule has 0 amide bonds. The highest BCUT2D eigenvalue weighted by molar-refractivity contribution is 5.93. The van der Waals surface area contributed by atoms with E-state index in [1.807, 2.05) is 0 Å². The van der Waals surface area contributed by atoms with E-state index in [0.29, 0.717) is 12.1 Å². The van der Waals surface area contributed by atoms with Crippen LogP contribution in [0.1, 0.15) is 23.7 Å². The van der Waals surface area contributed by atoms with Crippen molar-refractivity contribution in [3.05, 3.63) is 33.6 Å². The summed E-state index contributed by atoms with van der Waals surface area (Å²) in [6.07, 6.45) is -5.76. The quantitative estimate of drug-likeness (QED) is 0.495. The molecule has 21 heavy (non-hydrogen) atoms. The summed E-state index contributed by atoms with van der Waals surface area (Å²) >= 11 is 0. The first-order valence-electron chi connectivity index (χ1n) is 5.55. The van der Waals surface area contributed by atoms with Crippen molar-refractivity contribution in [2.24, 2.45) is 0 Å². The second kappa shape index (κ2) is 5.94. The van der Waals surface area contributed by atoms with Gasteiger partial charge in [-0.1, -0.05) is 0 Å². The minimum Gasteiger partial charge on any atom is -0.477 e. The zero-order valence-corrected chi connectivity index (χ0v) is 10.6.